The Morgan fingerprint density at radius 3 is 2.87 bits per heavy atom. The summed E-state index contributed by atoms with van der Waals surface area (Å²) in [6.07, 6.45) is 5.22. The zero-order valence-electron chi connectivity index (χ0n) is 9.28. The number of nitro groups is 1. The number of unbranched alkanes of at least 4 members (excludes halogenated alkanes) is 1. The van der Waals surface area contributed by atoms with Crippen molar-refractivity contribution in [3.05, 3.63) is 10.1 Å². The lowest BCUT2D eigenvalue weighted by Crippen LogP contribution is -2.33. The first-order valence-electron chi connectivity index (χ1n) is 5.80. The van der Waals surface area contributed by atoms with Gasteiger partial charge in [0.2, 0.25) is 6.04 Å². The van der Waals surface area contributed by atoms with Crippen LogP contribution >= 0.6 is 0 Å². The van der Waals surface area contributed by atoms with Crippen molar-refractivity contribution in [1.29, 1.82) is 0 Å². The molecule has 0 aromatic carbocycles. The normalized spacial score (nSPS) is 23.8. The van der Waals surface area contributed by atoms with Crippen molar-refractivity contribution in [3.8, 4) is 0 Å². The van der Waals surface area contributed by atoms with E-state index >= 15 is 0 Å². The molecule has 1 fully saturated rings. The van der Waals surface area contributed by atoms with E-state index in [0.29, 0.717) is 19.3 Å². The van der Waals surface area contributed by atoms with E-state index in [0.717, 1.165) is 25.7 Å². The van der Waals surface area contributed by atoms with Gasteiger partial charge in [-0.05, 0) is 19.3 Å². The standard InChI is InChI=1S/C11H19NO3/c1-2-3-7-11(12(14)15)9-5-4-6-10(13)8-9/h9,11H,2-8H2,1H3/t9-,11?/m1/s1. The summed E-state index contributed by atoms with van der Waals surface area (Å²) in [6, 6.07) is -0.491. The second-order valence-electron chi connectivity index (χ2n) is 4.39. The Morgan fingerprint density at radius 2 is 2.33 bits per heavy atom. The molecule has 0 bridgehead atoms. The second kappa shape index (κ2) is 5.83. The maximum Gasteiger partial charge on any atom is 0.216 e. The minimum Gasteiger partial charge on any atom is -0.300 e. The van der Waals surface area contributed by atoms with Gasteiger partial charge in [-0.2, -0.15) is 0 Å². The van der Waals surface area contributed by atoms with Crippen LogP contribution in [0.15, 0.2) is 0 Å². The molecular formula is C11H19NO3. The van der Waals surface area contributed by atoms with E-state index < -0.39 is 6.04 Å². The highest BCUT2D eigenvalue weighted by atomic mass is 16.6. The summed E-state index contributed by atoms with van der Waals surface area (Å²) in [7, 11) is 0. The fourth-order valence-electron chi connectivity index (χ4n) is 2.31. The lowest BCUT2D eigenvalue weighted by molar-refractivity contribution is -0.533. The van der Waals surface area contributed by atoms with Gasteiger partial charge < -0.3 is 0 Å². The van der Waals surface area contributed by atoms with E-state index in [4.69, 9.17) is 0 Å². The van der Waals surface area contributed by atoms with Crippen LogP contribution < -0.4 is 0 Å². The molecule has 4 heteroatoms. The van der Waals surface area contributed by atoms with E-state index in [2.05, 4.69) is 0 Å². The van der Waals surface area contributed by atoms with Gasteiger partial charge in [-0.1, -0.05) is 13.3 Å². The molecule has 0 spiro atoms. The summed E-state index contributed by atoms with van der Waals surface area (Å²) < 4.78 is 0. The number of nitrogens with zero attached hydrogens (tertiary/aromatic N) is 1. The molecule has 0 aromatic heterocycles. The summed E-state index contributed by atoms with van der Waals surface area (Å²) in [4.78, 5) is 22.0. The Hall–Kier alpha value is -0.930. The number of rotatable bonds is 5. The van der Waals surface area contributed by atoms with Crippen LogP contribution in [-0.4, -0.2) is 16.7 Å². The summed E-state index contributed by atoms with van der Waals surface area (Å²) in [6.45, 7) is 2.03. The van der Waals surface area contributed by atoms with Crippen LogP contribution in [0.4, 0.5) is 0 Å². The Morgan fingerprint density at radius 1 is 1.60 bits per heavy atom. The maximum atomic E-state index is 11.3. The molecule has 0 N–H and O–H groups in total. The molecule has 1 aliphatic carbocycles. The van der Waals surface area contributed by atoms with Crippen molar-refractivity contribution in [2.75, 3.05) is 0 Å². The highest BCUT2D eigenvalue weighted by Gasteiger charge is 2.34. The molecule has 86 valence electrons. The molecule has 0 radical (unpaired) electrons. The third kappa shape index (κ3) is 3.61. The number of hydrogen-bond acceptors (Lipinski definition) is 3. The van der Waals surface area contributed by atoms with Gasteiger partial charge in [0.1, 0.15) is 5.78 Å². The van der Waals surface area contributed by atoms with E-state index in [9.17, 15) is 14.9 Å². The third-order valence-corrected chi connectivity index (χ3v) is 3.19. The van der Waals surface area contributed by atoms with Gasteiger partial charge in [0.05, 0.1) is 0 Å². The molecule has 0 aliphatic heterocycles. The number of Topliss-reactive ketones (excluding diaryl/α,β-unsaturated/α-hetero) is 1. The Kier molecular flexibility index (Phi) is 4.72. The molecule has 0 heterocycles. The monoisotopic (exact) mass is 213 g/mol. The van der Waals surface area contributed by atoms with Gasteiger partial charge in [0, 0.05) is 30.1 Å². The van der Waals surface area contributed by atoms with E-state index in [1.54, 1.807) is 0 Å². The summed E-state index contributed by atoms with van der Waals surface area (Å²) >= 11 is 0. The molecule has 0 amide bonds. The van der Waals surface area contributed by atoms with Gasteiger partial charge in [-0.25, -0.2) is 0 Å². The number of carbonyl (C=O) groups excluding carboxylic acids is 1. The highest BCUT2D eigenvalue weighted by molar-refractivity contribution is 5.79. The average molecular weight is 213 g/mol. The van der Waals surface area contributed by atoms with Crippen molar-refractivity contribution in [2.45, 2.75) is 57.9 Å². The molecule has 0 saturated heterocycles. The minimum absolute atomic E-state index is 0.00667. The fraction of sp³-hybridized carbons (Fsp3) is 0.909. The molecule has 15 heavy (non-hydrogen) atoms. The first-order chi connectivity index (χ1) is 7.15. The maximum absolute atomic E-state index is 11.3. The van der Waals surface area contributed by atoms with Crippen molar-refractivity contribution in [2.24, 2.45) is 5.92 Å². The van der Waals surface area contributed by atoms with Crippen molar-refractivity contribution >= 4 is 5.78 Å². The van der Waals surface area contributed by atoms with Crippen LogP contribution in [0, 0.1) is 16.0 Å². The van der Waals surface area contributed by atoms with E-state index in [-0.39, 0.29) is 16.6 Å². The van der Waals surface area contributed by atoms with Crippen LogP contribution in [0.5, 0.6) is 0 Å². The average Bonchev–Trinajstić information content (AvgIpc) is 2.18. The molecular weight excluding hydrogens is 194 g/mol. The van der Waals surface area contributed by atoms with Crippen molar-refractivity contribution in [1.82, 2.24) is 0 Å². The largest absolute Gasteiger partial charge is 0.300 e. The number of carbonyl (C=O) groups is 1. The van der Waals surface area contributed by atoms with Crippen LogP contribution in [0.25, 0.3) is 0 Å². The van der Waals surface area contributed by atoms with Crippen LogP contribution in [0.2, 0.25) is 0 Å². The third-order valence-electron chi connectivity index (χ3n) is 3.19. The van der Waals surface area contributed by atoms with Crippen molar-refractivity contribution in [3.63, 3.8) is 0 Å². The summed E-state index contributed by atoms with van der Waals surface area (Å²) in [5.74, 6) is 0.197. The molecule has 1 aliphatic rings. The topological polar surface area (TPSA) is 60.2 Å². The molecule has 1 saturated carbocycles. The van der Waals surface area contributed by atoms with Gasteiger partial charge in [-0.15, -0.1) is 0 Å². The lowest BCUT2D eigenvalue weighted by atomic mass is 9.82. The Bertz CT molecular complexity index is 240. The molecule has 1 rings (SSSR count). The minimum atomic E-state index is -0.491. The number of ketones is 1. The van der Waals surface area contributed by atoms with Crippen LogP contribution in [0.3, 0.4) is 0 Å². The fourth-order valence-corrected chi connectivity index (χ4v) is 2.31. The molecule has 2 atom stereocenters. The lowest BCUT2D eigenvalue weighted by Gasteiger charge is -2.23. The van der Waals surface area contributed by atoms with Crippen molar-refractivity contribution < 1.29 is 9.72 Å². The summed E-state index contributed by atoms with van der Waals surface area (Å²) in [5, 5.41) is 10.9. The highest BCUT2D eigenvalue weighted by Crippen LogP contribution is 2.28. The Balaban J connectivity index is 2.53. The molecule has 0 aromatic rings. The van der Waals surface area contributed by atoms with Gasteiger partial charge in [0.15, 0.2) is 0 Å². The predicted molar refractivity (Wildman–Crippen MR) is 57.3 cm³/mol. The SMILES string of the molecule is CCCCC([C@@H]1CCCC(=O)C1)[N+](=O)[O-]. The van der Waals surface area contributed by atoms with Crippen LogP contribution in [0.1, 0.15) is 51.9 Å². The number of hydrogen-bond donors (Lipinski definition) is 0. The van der Waals surface area contributed by atoms with Gasteiger partial charge >= 0.3 is 0 Å². The first-order valence-corrected chi connectivity index (χ1v) is 5.80. The molecule has 1 unspecified atom stereocenters. The second-order valence-corrected chi connectivity index (χ2v) is 4.39. The Labute approximate surface area is 90.2 Å². The van der Waals surface area contributed by atoms with E-state index in [1.807, 2.05) is 6.92 Å². The zero-order valence-corrected chi connectivity index (χ0v) is 9.28. The first kappa shape index (κ1) is 12.1. The smallest absolute Gasteiger partial charge is 0.216 e. The van der Waals surface area contributed by atoms with Gasteiger partial charge in [0.25, 0.3) is 0 Å². The van der Waals surface area contributed by atoms with Crippen LogP contribution in [-0.2, 0) is 4.79 Å². The molecule has 4 nitrogen and oxygen atoms in total. The quantitative estimate of drug-likeness (QED) is 0.521. The summed E-state index contributed by atoms with van der Waals surface area (Å²) in [5.41, 5.74) is 0. The predicted octanol–water partition coefficient (Wildman–Crippen LogP) is 2.58. The zero-order chi connectivity index (χ0) is 11.3. The van der Waals surface area contributed by atoms with Gasteiger partial charge in [-0.3, -0.25) is 14.9 Å². The van der Waals surface area contributed by atoms with E-state index in [1.165, 1.54) is 0 Å².